The monoisotopic (exact) mass is 342 g/mol. The molecule has 1 aromatic heterocycles. The number of aromatic nitrogens is 2. The van der Waals surface area contributed by atoms with Crippen LogP contribution < -0.4 is 5.32 Å². The smallest absolute Gasteiger partial charge is 0.225 e. The topological polar surface area (TPSA) is 75.2 Å². The zero-order valence-corrected chi connectivity index (χ0v) is 14.7. The molecule has 2 amide bonds. The van der Waals surface area contributed by atoms with Crippen LogP contribution in [0, 0.1) is 5.92 Å². The number of nitrogens with zero attached hydrogens (tertiary/aromatic N) is 3. The van der Waals surface area contributed by atoms with E-state index in [9.17, 15) is 9.59 Å². The highest BCUT2D eigenvalue weighted by Crippen LogP contribution is 2.28. The molecule has 2 heterocycles. The first-order chi connectivity index (χ1) is 12.2. The Morgan fingerprint density at radius 1 is 1.16 bits per heavy atom. The molecule has 0 spiro atoms. The van der Waals surface area contributed by atoms with Gasteiger partial charge in [0.15, 0.2) is 0 Å². The number of likely N-dealkylation sites (tertiary alicyclic amines) is 1. The quantitative estimate of drug-likeness (QED) is 0.905. The molecule has 1 atom stereocenters. The summed E-state index contributed by atoms with van der Waals surface area (Å²) in [5.41, 5.74) is 2.38. The van der Waals surface area contributed by atoms with Crippen molar-refractivity contribution in [2.24, 2.45) is 5.92 Å². The van der Waals surface area contributed by atoms with Gasteiger partial charge in [-0.25, -0.2) is 9.97 Å². The van der Waals surface area contributed by atoms with Crippen LogP contribution in [-0.2, 0) is 29.0 Å². The Bertz CT molecular complexity index is 669. The van der Waals surface area contributed by atoms with Crippen LogP contribution >= 0.6 is 0 Å². The summed E-state index contributed by atoms with van der Waals surface area (Å²) >= 11 is 0. The van der Waals surface area contributed by atoms with Crippen LogP contribution in [0.5, 0.6) is 0 Å². The van der Waals surface area contributed by atoms with E-state index in [0.717, 1.165) is 37.8 Å². The van der Waals surface area contributed by atoms with Crippen LogP contribution in [-0.4, -0.2) is 39.3 Å². The summed E-state index contributed by atoms with van der Waals surface area (Å²) in [7, 11) is 0. The molecule has 0 bridgehead atoms. The molecule has 3 aliphatic rings. The van der Waals surface area contributed by atoms with Gasteiger partial charge in [-0.05, 0) is 44.1 Å². The standard InChI is InChI=1S/C19H26N4O2/c24-18-9-8-14(12-23(18)15-5-1-2-6-15)19(25)21-11-17-20-10-13-4-3-7-16(13)22-17/h10,14-15H,1-9,11-12H2,(H,21,25)/t14-/m0/s1. The summed E-state index contributed by atoms with van der Waals surface area (Å²) in [5, 5.41) is 2.98. The molecule has 134 valence electrons. The summed E-state index contributed by atoms with van der Waals surface area (Å²) < 4.78 is 0. The van der Waals surface area contributed by atoms with E-state index in [2.05, 4.69) is 15.3 Å². The van der Waals surface area contributed by atoms with Crippen molar-refractivity contribution in [3.05, 3.63) is 23.3 Å². The summed E-state index contributed by atoms with van der Waals surface area (Å²) in [4.78, 5) is 35.7. The number of piperidine rings is 1. The summed E-state index contributed by atoms with van der Waals surface area (Å²) in [6.45, 7) is 0.945. The fourth-order valence-electron chi connectivity index (χ4n) is 4.41. The molecule has 0 unspecified atom stereocenters. The van der Waals surface area contributed by atoms with Gasteiger partial charge < -0.3 is 10.2 Å². The lowest BCUT2D eigenvalue weighted by atomic mass is 9.95. The lowest BCUT2D eigenvalue weighted by molar-refractivity contribution is -0.140. The molecule has 0 aromatic carbocycles. The summed E-state index contributed by atoms with van der Waals surface area (Å²) in [5.74, 6) is 0.832. The molecular weight excluding hydrogens is 316 g/mol. The highest BCUT2D eigenvalue weighted by atomic mass is 16.2. The van der Waals surface area contributed by atoms with Crippen molar-refractivity contribution >= 4 is 11.8 Å². The van der Waals surface area contributed by atoms with Gasteiger partial charge in [0.2, 0.25) is 11.8 Å². The van der Waals surface area contributed by atoms with Crippen molar-refractivity contribution in [1.29, 1.82) is 0 Å². The van der Waals surface area contributed by atoms with E-state index in [1.807, 2.05) is 11.1 Å². The lowest BCUT2D eigenvalue weighted by Gasteiger charge is -2.36. The van der Waals surface area contributed by atoms with E-state index in [1.165, 1.54) is 18.4 Å². The van der Waals surface area contributed by atoms with Gasteiger partial charge in [-0.1, -0.05) is 12.8 Å². The van der Waals surface area contributed by atoms with Crippen LogP contribution in [0.15, 0.2) is 6.20 Å². The predicted octanol–water partition coefficient (Wildman–Crippen LogP) is 1.76. The van der Waals surface area contributed by atoms with Gasteiger partial charge >= 0.3 is 0 Å². The maximum absolute atomic E-state index is 12.6. The van der Waals surface area contributed by atoms with Crippen LogP contribution in [0.25, 0.3) is 0 Å². The zero-order valence-electron chi connectivity index (χ0n) is 14.7. The van der Waals surface area contributed by atoms with Crippen molar-refractivity contribution in [1.82, 2.24) is 20.2 Å². The lowest BCUT2D eigenvalue weighted by Crippen LogP contribution is -2.49. The Kier molecular flexibility index (Phi) is 4.68. The van der Waals surface area contributed by atoms with Gasteiger partial charge in [0.1, 0.15) is 5.82 Å². The second-order valence-corrected chi connectivity index (χ2v) is 7.55. The number of carbonyl (C=O) groups is 2. The van der Waals surface area contributed by atoms with Crippen molar-refractivity contribution < 1.29 is 9.59 Å². The first-order valence-corrected chi connectivity index (χ1v) is 9.61. The van der Waals surface area contributed by atoms with Gasteiger partial charge in [-0.3, -0.25) is 9.59 Å². The van der Waals surface area contributed by atoms with E-state index >= 15 is 0 Å². The van der Waals surface area contributed by atoms with E-state index < -0.39 is 0 Å². The van der Waals surface area contributed by atoms with Gasteiger partial charge in [-0.15, -0.1) is 0 Å². The molecule has 2 aliphatic carbocycles. The molecule has 6 nitrogen and oxygen atoms in total. The van der Waals surface area contributed by atoms with Gasteiger partial charge in [0.05, 0.1) is 12.5 Å². The average molecular weight is 342 g/mol. The molecule has 2 fully saturated rings. The van der Waals surface area contributed by atoms with E-state index in [-0.39, 0.29) is 17.7 Å². The first-order valence-electron chi connectivity index (χ1n) is 9.61. The van der Waals surface area contributed by atoms with Crippen molar-refractivity contribution in [2.45, 2.75) is 70.4 Å². The Morgan fingerprint density at radius 2 is 2.00 bits per heavy atom. The van der Waals surface area contributed by atoms with Crippen molar-refractivity contribution in [2.75, 3.05) is 6.54 Å². The number of carbonyl (C=O) groups excluding carboxylic acids is 2. The molecule has 1 saturated heterocycles. The number of aryl methyl sites for hydroxylation is 2. The molecule has 1 aromatic rings. The van der Waals surface area contributed by atoms with E-state index in [0.29, 0.717) is 37.8 Å². The van der Waals surface area contributed by atoms with Crippen LogP contribution in [0.2, 0.25) is 0 Å². The molecule has 1 N–H and O–H groups in total. The molecule has 4 rings (SSSR count). The highest BCUT2D eigenvalue weighted by molar-refractivity contribution is 5.84. The van der Waals surface area contributed by atoms with Gasteiger partial charge in [-0.2, -0.15) is 0 Å². The van der Waals surface area contributed by atoms with Crippen LogP contribution in [0.4, 0.5) is 0 Å². The third-order valence-electron chi connectivity index (χ3n) is 5.86. The second-order valence-electron chi connectivity index (χ2n) is 7.55. The molecule has 1 aliphatic heterocycles. The molecular formula is C19H26N4O2. The van der Waals surface area contributed by atoms with Gasteiger partial charge in [0, 0.05) is 30.9 Å². The Hall–Kier alpha value is -1.98. The number of nitrogens with one attached hydrogen (secondary N) is 1. The minimum atomic E-state index is -0.104. The van der Waals surface area contributed by atoms with Crippen molar-refractivity contribution in [3.8, 4) is 0 Å². The molecule has 1 saturated carbocycles. The highest BCUT2D eigenvalue weighted by Gasteiger charge is 2.35. The number of rotatable bonds is 4. The van der Waals surface area contributed by atoms with E-state index in [4.69, 9.17) is 0 Å². The minimum absolute atomic E-state index is 0.0274. The molecule has 25 heavy (non-hydrogen) atoms. The number of hydrogen-bond donors (Lipinski definition) is 1. The third-order valence-corrected chi connectivity index (χ3v) is 5.86. The average Bonchev–Trinajstić information content (AvgIpc) is 3.31. The van der Waals surface area contributed by atoms with Crippen molar-refractivity contribution in [3.63, 3.8) is 0 Å². The molecule has 0 radical (unpaired) electrons. The maximum Gasteiger partial charge on any atom is 0.225 e. The Balaban J connectivity index is 1.33. The number of fused-ring (bicyclic) bond motifs is 1. The molecule has 6 heteroatoms. The second kappa shape index (κ2) is 7.10. The maximum atomic E-state index is 12.6. The largest absolute Gasteiger partial charge is 0.349 e. The predicted molar refractivity (Wildman–Crippen MR) is 92.6 cm³/mol. The minimum Gasteiger partial charge on any atom is -0.349 e. The Morgan fingerprint density at radius 3 is 2.84 bits per heavy atom. The Labute approximate surface area is 148 Å². The normalized spacial score (nSPS) is 23.8. The fourth-order valence-corrected chi connectivity index (χ4v) is 4.41. The van der Waals surface area contributed by atoms with Gasteiger partial charge in [0.25, 0.3) is 0 Å². The first kappa shape index (κ1) is 16.5. The van der Waals surface area contributed by atoms with Crippen LogP contribution in [0.3, 0.4) is 0 Å². The SMILES string of the molecule is O=C(NCc1ncc2c(n1)CCC2)[C@H]1CCC(=O)N(C2CCCC2)C1. The fraction of sp³-hybridized carbons (Fsp3) is 0.684. The number of amides is 2. The van der Waals surface area contributed by atoms with E-state index in [1.54, 1.807) is 0 Å². The summed E-state index contributed by atoms with van der Waals surface area (Å²) in [6.07, 6.45) is 10.8. The van der Waals surface area contributed by atoms with Crippen LogP contribution in [0.1, 0.15) is 62.0 Å². The summed E-state index contributed by atoms with van der Waals surface area (Å²) in [6, 6.07) is 0.350. The zero-order chi connectivity index (χ0) is 17.2. The number of hydrogen-bond acceptors (Lipinski definition) is 4. The third kappa shape index (κ3) is 3.53.